The van der Waals surface area contributed by atoms with Gasteiger partial charge in [-0.15, -0.1) is 0 Å². The van der Waals surface area contributed by atoms with Crippen LogP contribution in [0.2, 0.25) is 0 Å². The topological polar surface area (TPSA) is 21.1 Å². The van der Waals surface area contributed by atoms with Gasteiger partial charge < -0.3 is 9.47 Å². The highest BCUT2D eigenvalue weighted by Gasteiger charge is 2.16. The van der Waals surface area contributed by atoms with Crippen LogP contribution in [0.1, 0.15) is 30.5 Å². The molecule has 1 aliphatic rings. The number of rotatable bonds is 3. The number of fused-ring (bicyclic) bond motifs is 3. The van der Waals surface area contributed by atoms with Crippen molar-refractivity contribution in [3.8, 4) is 0 Å². The predicted octanol–water partition coefficient (Wildman–Crippen LogP) is 4.43. The summed E-state index contributed by atoms with van der Waals surface area (Å²) in [5.41, 5.74) is 4.28. The van der Waals surface area contributed by atoms with Gasteiger partial charge >= 0.3 is 0 Å². The lowest BCUT2D eigenvalue weighted by molar-refractivity contribution is 0.222. The molecule has 126 valence electrons. The Hall–Kier alpha value is -1.94. The van der Waals surface area contributed by atoms with Crippen LogP contribution in [0.3, 0.4) is 0 Å². The highest BCUT2D eigenvalue weighted by Crippen LogP contribution is 2.31. The quantitative estimate of drug-likeness (QED) is 0.664. The van der Waals surface area contributed by atoms with Crippen molar-refractivity contribution < 1.29 is 4.39 Å². The van der Waals surface area contributed by atoms with E-state index < -0.39 is 5.95 Å². The molecule has 0 saturated carbocycles. The number of piperidine rings is 1. The molecule has 3 aromatic rings. The minimum Gasteiger partial charge on any atom is -0.338 e. The lowest BCUT2D eigenvalue weighted by Gasteiger charge is -2.26. The Balaban J connectivity index is 1.82. The SMILES string of the molecule is Cc1ccc2c3cc(F)nc(C)c3n(CCN3CCCCC3)c2c1. The minimum absolute atomic E-state index is 0.393. The molecular weight excluding hydrogens is 301 g/mol. The van der Waals surface area contributed by atoms with Crippen LogP contribution in [0.4, 0.5) is 4.39 Å². The summed E-state index contributed by atoms with van der Waals surface area (Å²) >= 11 is 0. The van der Waals surface area contributed by atoms with Crippen LogP contribution < -0.4 is 0 Å². The Morgan fingerprint density at radius 3 is 2.58 bits per heavy atom. The molecule has 4 heteroatoms. The van der Waals surface area contributed by atoms with Gasteiger partial charge in [0.15, 0.2) is 0 Å². The van der Waals surface area contributed by atoms with Gasteiger partial charge in [0, 0.05) is 35.4 Å². The van der Waals surface area contributed by atoms with E-state index in [9.17, 15) is 4.39 Å². The molecule has 1 aliphatic heterocycles. The number of benzene rings is 1. The fraction of sp³-hybridized carbons (Fsp3) is 0.450. The molecule has 24 heavy (non-hydrogen) atoms. The van der Waals surface area contributed by atoms with Gasteiger partial charge in [0.25, 0.3) is 0 Å². The average molecular weight is 325 g/mol. The third kappa shape index (κ3) is 2.69. The van der Waals surface area contributed by atoms with Crippen molar-refractivity contribution in [2.24, 2.45) is 0 Å². The van der Waals surface area contributed by atoms with E-state index in [1.807, 2.05) is 6.92 Å². The summed E-state index contributed by atoms with van der Waals surface area (Å²) < 4.78 is 16.2. The zero-order valence-electron chi connectivity index (χ0n) is 14.5. The summed E-state index contributed by atoms with van der Waals surface area (Å²) in [5, 5.41) is 2.10. The molecule has 0 atom stereocenters. The Labute approximate surface area is 142 Å². The van der Waals surface area contributed by atoms with Crippen molar-refractivity contribution in [3.05, 3.63) is 41.5 Å². The van der Waals surface area contributed by atoms with Crippen molar-refractivity contribution in [2.75, 3.05) is 19.6 Å². The van der Waals surface area contributed by atoms with E-state index in [-0.39, 0.29) is 0 Å². The van der Waals surface area contributed by atoms with Crippen LogP contribution in [-0.4, -0.2) is 34.1 Å². The van der Waals surface area contributed by atoms with E-state index in [0.717, 1.165) is 35.1 Å². The highest BCUT2D eigenvalue weighted by molar-refractivity contribution is 6.08. The zero-order valence-corrected chi connectivity index (χ0v) is 14.5. The summed E-state index contributed by atoms with van der Waals surface area (Å²) in [6, 6.07) is 8.01. The van der Waals surface area contributed by atoms with Crippen molar-refractivity contribution in [1.82, 2.24) is 14.5 Å². The van der Waals surface area contributed by atoms with Crippen LogP contribution in [0.15, 0.2) is 24.3 Å². The maximum Gasteiger partial charge on any atom is 0.213 e. The fourth-order valence-electron chi connectivity index (χ4n) is 4.04. The maximum absolute atomic E-state index is 13.9. The number of nitrogens with zero attached hydrogens (tertiary/aromatic N) is 3. The first kappa shape index (κ1) is 15.6. The molecule has 2 aromatic heterocycles. The number of pyridine rings is 1. The number of hydrogen-bond acceptors (Lipinski definition) is 2. The zero-order chi connectivity index (χ0) is 16.7. The second-order valence-electron chi connectivity index (χ2n) is 7.00. The first-order valence-corrected chi connectivity index (χ1v) is 8.91. The van der Waals surface area contributed by atoms with Crippen LogP contribution in [0.25, 0.3) is 21.8 Å². The maximum atomic E-state index is 13.9. The first-order valence-electron chi connectivity index (χ1n) is 8.91. The molecule has 1 saturated heterocycles. The molecule has 4 rings (SSSR count). The second kappa shape index (κ2) is 6.17. The summed E-state index contributed by atoms with van der Waals surface area (Å²) in [6.07, 6.45) is 3.96. The monoisotopic (exact) mass is 325 g/mol. The molecule has 1 fully saturated rings. The number of aromatic nitrogens is 2. The number of aryl methyl sites for hydroxylation is 2. The summed E-state index contributed by atoms with van der Waals surface area (Å²) in [7, 11) is 0. The van der Waals surface area contributed by atoms with Gasteiger partial charge in [0.05, 0.1) is 11.2 Å². The van der Waals surface area contributed by atoms with Gasteiger partial charge in [-0.1, -0.05) is 18.6 Å². The molecule has 0 N–H and O–H groups in total. The third-order valence-corrected chi connectivity index (χ3v) is 5.23. The smallest absolute Gasteiger partial charge is 0.213 e. The average Bonchev–Trinajstić information content (AvgIpc) is 2.87. The summed E-state index contributed by atoms with van der Waals surface area (Å²) in [4.78, 5) is 6.62. The Kier molecular flexibility index (Phi) is 4.01. The second-order valence-corrected chi connectivity index (χ2v) is 7.00. The molecule has 0 spiro atoms. The lowest BCUT2D eigenvalue weighted by atomic mass is 10.1. The number of hydrogen-bond donors (Lipinski definition) is 0. The van der Waals surface area contributed by atoms with Crippen LogP contribution in [0.5, 0.6) is 0 Å². The lowest BCUT2D eigenvalue weighted by Crippen LogP contribution is -2.32. The Bertz CT molecular complexity index is 891. The van der Waals surface area contributed by atoms with Gasteiger partial charge in [-0.2, -0.15) is 4.39 Å². The normalized spacial score (nSPS) is 16.3. The van der Waals surface area contributed by atoms with Crippen molar-refractivity contribution in [1.29, 1.82) is 0 Å². The van der Waals surface area contributed by atoms with E-state index in [4.69, 9.17) is 0 Å². The number of halogens is 1. The molecular formula is C20H24FN3. The summed E-state index contributed by atoms with van der Waals surface area (Å²) in [6.45, 7) is 8.39. The van der Waals surface area contributed by atoms with E-state index in [2.05, 4.69) is 39.6 Å². The standard InChI is InChI=1S/C20H24FN3/c1-14-6-7-16-17-13-19(21)22-15(2)20(17)24(18(16)12-14)11-10-23-8-4-3-5-9-23/h6-7,12-13H,3-5,8-11H2,1-2H3. The van der Waals surface area contributed by atoms with Crippen molar-refractivity contribution >= 4 is 21.8 Å². The van der Waals surface area contributed by atoms with Crippen molar-refractivity contribution in [3.63, 3.8) is 0 Å². The van der Waals surface area contributed by atoms with Gasteiger partial charge in [-0.05, 0) is 51.4 Å². The van der Waals surface area contributed by atoms with E-state index in [1.54, 1.807) is 6.07 Å². The fourth-order valence-corrected chi connectivity index (χ4v) is 4.04. The third-order valence-electron chi connectivity index (χ3n) is 5.23. The summed E-state index contributed by atoms with van der Waals surface area (Å²) in [5.74, 6) is -0.393. The van der Waals surface area contributed by atoms with Crippen LogP contribution in [0, 0.1) is 19.8 Å². The van der Waals surface area contributed by atoms with E-state index >= 15 is 0 Å². The molecule has 0 aliphatic carbocycles. The minimum atomic E-state index is -0.393. The predicted molar refractivity (Wildman–Crippen MR) is 97.0 cm³/mol. The van der Waals surface area contributed by atoms with Gasteiger partial charge in [-0.3, -0.25) is 0 Å². The van der Waals surface area contributed by atoms with E-state index in [0.29, 0.717) is 0 Å². The molecule has 0 radical (unpaired) electrons. The molecule has 0 unspecified atom stereocenters. The molecule has 3 nitrogen and oxygen atoms in total. The largest absolute Gasteiger partial charge is 0.338 e. The molecule has 1 aromatic carbocycles. The van der Waals surface area contributed by atoms with Gasteiger partial charge in [-0.25, -0.2) is 4.98 Å². The highest BCUT2D eigenvalue weighted by atomic mass is 19.1. The van der Waals surface area contributed by atoms with Crippen molar-refractivity contribution in [2.45, 2.75) is 39.7 Å². The van der Waals surface area contributed by atoms with E-state index in [1.165, 1.54) is 43.4 Å². The first-order chi connectivity index (χ1) is 11.6. The van der Waals surface area contributed by atoms with Crippen LogP contribution in [-0.2, 0) is 6.54 Å². The molecule has 0 amide bonds. The van der Waals surface area contributed by atoms with Gasteiger partial charge in [0.1, 0.15) is 0 Å². The number of likely N-dealkylation sites (tertiary alicyclic amines) is 1. The Morgan fingerprint density at radius 2 is 1.79 bits per heavy atom. The molecule has 3 heterocycles. The Morgan fingerprint density at radius 1 is 1.00 bits per heavy atom. The van der Waals surface area contributed by atoms with Gasteiger partial charge in [0.2, 0.25) is 5.95 Å². The van der Waals surface area contributed by atoms with Crippen LogP contribution >= 0.6 is 0 Å². The molecule has 0 bridgehead atoms.